The number of rotatable bonds is 4. The molecule has 8 nitrogen and oxygen atoms in total. The molecular weight excluding hydrogens is 266 g/mol. The summed E-state index contributed by atoms with van der Waals surface area (Å²) in [6, 6.07) is 4.15. The molecule has 100 valence electrons. The minimum atomic E-state index is -4.38. The minimum Gasteiger partial charge on any atom is -0.418 e. The number of ether oxygens (including phenoxy) is 1. The predicted molar refractivity (Wildman–Crippen MR) is 55.7 cm³/mol. The van der Waals surface area contributed by atoms with Crippen LogP contribution in [0.1, 0.15) is 5.56 Å². The van der Waals surface area contributed by atoms with E-state index < -0.39 is 28.4 Å². The molecule has 19 heavy (non-hydrogen) atoms. The predicted octanol–water partition coefficient (Wildman–Crippen LogP) is 0.428. The number of hydrazine groups is 1. The average Bonchev–Trinajstić information content (AvgIpc) is 2.37. The Morgan fingerprint density at radius 2 is 2.21 bits per heavy atom. The van der Waals surface area contributed by atoms with Crippen molar-refractivity contribution in [1.29, 1.82) is 5.26 Å². The Morgan fingerprint density at radius 1 is 1.58 bits per heavy atom. The molecule has 0 radical (unpaired) electrons. The van der Waals surface area contributed by atoms with E-state index >= 15 is 0 Å². The number of nitriles is 1. The molecule has 0 aliphatic rings. The van der Waals surface area contributed by atoms with Gasteiger partial charge in [-0.2, -0.15) is 14.0 Å². The van der Waals surface area contributed by atoms with Crippen molar-refractivity contribution in [2.45, 2.75) is 6.11 Å². The molecule has 0 fully saturated rings. The second-order valence-electron chi connectivity index (χ2n) is 3.14. The summed E-state index contributed by atoms with van der Waals surface area (Å²) >= 11 is 0. The summed E-state index contributed by atoms with van der Waals surface area (Å²) in [5.41, 5.74) is 0.169. The Kier molecular flexibility index (Phi) is 3.93. The lowest BCUT2D eigenvalue weighted by Gasteiger charge is -2.15. The lowest BCUT2D eigenvalue weighted by atomic mass is 10.2. The zero-order valence-electron chi connectivity index (χ0n) is 9.09. The number of benzene rings is 1. The first kappa shape index (κ1) is 14.3. The molecule has 0 atom stereocenters. The van der Waals surface area contributed by atoms with Gasteiger partial charge in [0.1, 0.15) is 0 Å². The highest BCUT2D eigenvalue weighted by Crippen LogP contribution is 2.32. The number of halogens is 2. The molecule has 0 aromatic heterocycles. The van der Waals surface area contributed by atoms with E-state index in [4.69, 9.17) is 5.26 Å². The fourth-order valence-electron chi connectivity index (χ4n) is 1.08. The van der Waals surface area contributed by atoms with E-state index in [1.165, 1.54) is 0 Å². The van der Waals surface area contributed by atoms with Crippen molar-refractivity contribution in [2.75, 3.05) is 0 Å². The standard InChI is InChI=1S/C9H6F2N4O4/c10-9(11,8(16)14-13)19-7-2-1-5(4-12)3-6(7)15(17)18/h1-3H,13H2,(H,14,16). The number of amides is 1. The molecule has 10 heteroatoms. The van der Waals surface area contributed by atoms with Gasteiger partial charge in [0.25, 0.3) is 0 Å². The largest absolute Gasteiger partial charge is 0.483 e. The average molecular weight is 272 g/mol. The van der Waals surface area contributed by atoms with Gasteiger partial charge in [0.15, 0.2) is 0 Å². The minimum absolute atomic E-state index is 0.120. The quantitative estimate of drug-likeness (QED) is 0.353. The number of carbonyl (C=O) groups is 1. The molecule has 0 spiro atoms. The van der Waals surface area contributed by atoms with Gasteiger partial charge in [-0.05, 0) is 12.1 Å². The van der Waals surface area contributed by atoms with Crippen LogP contribution in [0.4, 0.5) is 14.5 Å². The van der Waals surface area contributed by atoms with Crippen LogP contribution in [0, 0.1) is 21.4 Å². The number of nitrogens with one attached hydrogen (secondary N) is 1. The fourth-order valence-corrected chi connectivity index (χ4v) is 1.08. The van der Waals surface area contributed by atoms with Crippen molar-refractivity contribution in [3.63, 3.8) is 0 Å². The van der Waals surface area contributed by atoms with Crippen molar-refractivity contribution in [3.8, 4) is 11.8 Å². The number of nitrogens with zero attached hydrogens (tertiary/aromatic N) is 2. The maximum absolute atomic E-state index is 13.1. The Labute approximate surface area is 104 Å². The maximum atomic E-state index is 13.1. The van der Waals surface area contributed by atoms with Crippen LogP contribution in [-0.2, 0) is 4.79 Å². The van der Waals surface area contributed by atoms with Crippen molar-refractivity contribution in [1.82, 2.24) is 5.43 Å². The van der Waals surface area contributed by atoms with Crippen LogP contribution in [0.2, 0.25) is 0 Å². The second-order valence-corrected chi connectivity index (χ2v) is 3.14. The highest BCUT2D eigenvalue weighted by Gasteiger charge is 2.43. The Balaban J connectivity index is 3.18. The van der Waals surface area contributed by atoms with E-state index in [9.17, 15) is 23.7 Å². The van der Waals surface area contributed by atoms with E-state index in [1.807, 2.05) is 0 Å². The normalized spacial score (nSPS) is 10.4. The first-order valence-electron chi connectivity index (χ1n) is 4.58. The molecule has 1 amide bonds. The Hall–Kier alpha value is -2.80. The van der Waals surface area contributed by atoms with Gasteiger partial charge in [-0.25, -0.2) is 5.84 Å². The molecule has 0 saturated carbocycles. The Morgan fingerprint density at radius 3 is 2.68 bits per heavy atom. The van der Waals surface area contributed by atoms with Crippen LogP contribution >= 0.6 is 0 Å². The lowest BCUT2D eigenvalue weighted by molar-refractivity contribution is -0.386. The zero-order valence-corrected chi connectivity index (χ0v) is 9.09. The van der Waals surface area contributed by atoms with Crippen molar-refractivity contribution < 1.29 is 23.2 Å². The molecule has 1 aromatic rings. The summed E-state index contributed by atoms with van der Waals surface area (Å²) in [6.45, 7) is 0. The monoisotopic (exact) mass is 272 g/mol. The summed E-state index contributed by atoms with van der Waals surface area (Å²) < 4.78 is 30.2. The third-order valence-electron chi connectivity index (χ3n) is 1.92. The number of nitro benzene ring substituents is 1. The van der Waals surface area contributed by atoms with Gasteiger partial charge in [0, 0.05) is 6.07 Å². The van der Waals surface area contributed by atoms with E-state index in [-0.39, 0.29) is 5.56 Å². The molecule has 3 N–H and O–H groups in total. The van der Waals surface area contributed by atoms with Crippen LogP contribution in [0.25, 0.3) is 0 Å². The lowest BCUT2D eigenvalue weighted by Crippen LogP contribution is -2.47. The van der Waals surface area contributed by atoms with Gasteiger partial charge < -0.3 is 4.74 Å². The molecule has 0 aliphatic heterocycles. The Bertz CT molecular complexity index is 570. The molecule has 1 rings (SSSR count). The first-order chi connectivity index (χ1) is 8.81. The van der Waals surface area contributed by atoms with E-state index in [1.54, 1.807) is 6.07 Å². The summed E-state index contributed by atoms with van der Waals surface area (Å²) in [5, 5.41) is 19.2. The van der Waals surface area contributed by atoms with Crippen molar-refractivity contribution in [2.24, 2.45) is 5.84 Å². The highest BCUT2D eigenvalue weighted by molar-refractivity contribution is 5.81. The highest BCUT2D eigenvalue weighted by atomic mass is 19.3. The summed E-state index contributed by atoms with van der Waals surface area (Å²) in [6.07, 6.45) is -4.38. The third kappa shape index (κ3) is 3.11. The second kappa shape index (κ2) is 5.23. The summed E-state index contributed by atoms with van der Waals surface area (Å²) in [5.74, 6) is 1.69. The van der Waals surface area contributed by atoms with Crippen LogP contribution < -0.4 is 16.0 Å². The van der Waals surface area contributed by atoms with E-state index in [2.05, 4.69) is 10.6 Å². The SMILES string of the molecule is N#Cc1ccc(OC(F)(F)C(=O)NN)c([N+](=O)[O-])c1. The van der Waals surface area contributed by atoms with E-state index in [0.29, 0.717) is 0 Å². The van der Waals surface area contributed by atoms with Crippen LogP contribution in [0.3, 0.4) is 0 Å². The van der Waals surface area contributed by atoms with Gasteiger partial charge in [-0.15, -0.1) is 0 Å². The number of nitrogens with two attached hydrogens (primary N) is 1. The first-order valence-corrected chi connectivity index (χ1v) is 4.58. The number of hydrogen-bond donors (Lipinski definition) is 2. The van der Waals surface area contributed by atoms with Crippen LogP contribution in [-0.4, -0.2) is 16.9 Å². The van der Waals surface area contributed by atoms with E-state index in [0.717, 1.165) is 23.6 Å². The summed E-state index contributed by atoms with van der Waals surface area (Å²) in [7, 11) is 0. The molecule has 0 bridgehead atoms. The molecule has 0 saturated heterocycles. The van der Waals surface area contributed by atoms with Gasteiger partial charge >= 0.3 is 17.7 Å². The number of nitro groups is 1. The van der Waals surface area contributed by atoms with Crippen molar-refractivity contribution >= 4 is 11.6 Å². The molecule has 0 aliphatic carbocycles. The third-order valence-corrected chi connectivity index (χ3v) is 1.92. The van der Waals surface area contributed by atoms with Crippen LogP contribution in [0.15, 0.2) is 18.2 Å². The fraction of sp³-hybridized carbons (Fsp3) is 0.111. The molecular formula is C9H6F2N4O4. The van der Waals surface area contributed by atoms with Gasteiger partial charge in [-0.1, -0.05) is 0 Å². The molecule has 1 aromatic carbocycles. The van der Waals surface area contributed by atoms with Gasteiger partial charge in [-0.3, -0.25) is 20.3 Å². The smallest absolute Gasteiger partial charge is 0.418 e. The number of hydrogen-bond acceptors (Lipinski definition) is 6. The van der Waals surface area contributed by atoms with Gasteiger partial charge in [0.2, 0.25) is 5.75 Å². The van der Waals surface area contributed by atoms with Crippen molar-refractivity contribution in [3.05, 3.63) is 33.9 Å². The molecule has 0 unspecified atom stereocenters. The molecule has 0 heterocycles. The number of alkyl halides is 2. The van der Waals surface area contributed by atoms with Gasteiger partial charge in [0.05, 0.1) is 16.6 Å². The van der Waals surface area contributed by atoms with Crippen LogP contribution in [0.5, 0.6) is 5.75 Å². The zero-order chi connectivity index (χ0) is 14.6. The topological polar surface area (TPSA) is 131 Å². The summed E-state index contributed by atoms with van der Waals surface area (Å²) in [4.78, 5) is 20.3. The maximum Gasteiger partial charge on any atom is 0.483 e. The number of carbonyl (C=O) groups excluding carboxylic acids is 1.